The Morgan fingerprint density at radius 3 is 2.80 bits per heavy atom. The first kappa shape index (κ1) is 12.9. The Morgan fingerprint density at radius 1 is 1.30 bits per heavy atom. The number of nitrogens with one attached hydrogen (secondary N) is 1. The number of ether oxygens (including phenoxy) is 1. The van der Waals surface area contributed by atoms with Gasteiger partial charge < -0.3 is 9.84 Å². The molecule has 2 heterocycles. The molecule has 0 aliphatic carbocycles. The summed E-state index contributed by atoms with van der Waals surface area (Å²) in [5.74, 6) is 0.259. The van der Waals surface area contributed by atoms with Crippen molar-refractivity contribution in [1.82, 2.24) is 10.2 Å². The summed E-state index contributed by atoms with van der Waals surface area (Å²) in [5, 5.41) is 17.2. The summed E-state index contributed by atoms with van der Waals surface area (Å²) in [6.07, 6.45) is 4.48. The van der Waals surface area contributed by atoms with Crippen LogP contribution in [0.3, 0.4) is 0 Å². The maximum Gasteiger partial charge on any atom is 0.139 e. The summed E-state index contributed by atoms with van der Waals surface area (Å²) < 4.78 is 18.5. The Morgan fingerprint density at radius 2 is 2.10 bits per heavy atom. The minimum absolute atomic E-state index is 0.298. The first-order valence-corrected chi connectivity index (χ1v) is 6.56. The Labute approximate surface area is 115 Å². The first-order valence-electron chi connectivity index (χ1n) is 6.56. The van der Waals surface area contributed by atoms with E-state index in [2.05, 4.69) is 10.2 Å². The molecule has 1 aromatic heterocycles. The van der Waals surface area contributed by atoms with Gasteiger partial charge in [-0.25, -0.2) is 4.39 Å². The van der Waals surface area contributed by atoms with Crippen LogP contribution < -0.4 is 0 Å². The van der Waals surface area contributed by atoms with Gasteiger partial charge in [0.2, 0.25) is 0 Å². The van der Waals surface area contributed by atoms with Crippen LogP contribution in [0.4, 0.5) is 4.39 Å². The van der Waals surface area contributed by atoms with Gasteiger partial charge in [-0.15, -0.1) is 0 Å². The third-order valence-corrected chi connectivity index (χ3v) is 3.33. The number of H-pyrrole nitrogens is 1. The molecule has 0 bridgehead atoms. The average Bonchev–Trinajstić information content (AvgIpc) is 2.97. The molecule has 5 heteroatoms. The highest BCUT2D eigenvalue weighted by Crippen LogP contribution is 2.32. The number of aromatic amines is 1. The monoisotopic (exact) mass is 274 g/mol. The topological polar surface area (TPSA) is 58.1 Å². The molecule has 1 aliphatic rings. The van der Waals surface area contributed by atoms with Crippen molar-refractivity contribution in [2.24, 2.45) is 0 Å². The maximum atomic E-state index is 13.0. The van der Waals surface area contributed by atoms with Crippen molar-refractivity contribution >= 4 is 0 Å². The van der Waals surface area contributed by atoms with Gasteiger partial charge in [0.1, 0.15) is 17.7 Å². The molecule has 2 aromatic rings. The highest BCUT2D eigenvalue weighted by molar-refractivity contribution is 5.63. The predicted octanol–water partition coefficient (Wildman–Crippen LogP) is 2.94. The largest absolute Gasteiger partial charge is 0.495 e. The van der Waals surface area contributed by atoms with Crippen molar-refractivity contribution < 1.29 is 14.2 Å². The number of hydrogen-bond donors (Lipinski definition) is 2. The Kier molecular flexibility index (Phi) is 3.52. The molecule has 4 nitrogen and oxygen atoms in total. The van der Waals surface area contributed by atoms with Gasteiger partial charge in [0.25, 0.3) is 0 Å². The lowest BCUT2D eigenvalue weighted by atomic mass is 10.0. The van der Waals surface area contributed by atoms with Crippen molar-refractivity contribution in [3.05, 3.63) is 53.7 Å². The number of allylic oxidation sites excluding steroid dienone is 1. The van der Waals surface area contributed by atoms with Crippen LogP contribution in [0.2, 0.25) is 0 Å². The van der Waals surface area contributed by atoms with E-state index in [9.17, 15) is 9.50 Å². The molecule has 0 saturated carbocycles. The van der Waals surface area contributed by atoms with Crippen molar-refractivity contribution in [2.45, 2.75) is 18.9 Å². The van der Waals surface area contributed by atoms with Gasteiger partial charge >= 0.3 is 0 Å². The summed E-state index contributed by atoms with van der Waals surface area (Å²) in [6.45, 7) is 0.618. The molecule has 20 heavy (non-hydrogen) atoms. The SMILES string of the molecule is OC(C1=CCCCO1)c1cn[nH]c1-c1ccc(F)cc1. The van der Waals surface area contributed by atoms with E-state index in [4.69, 9.17) is 4.74 Å². The lowest BCUT2D eigenvalue weighted by Gasteiger charge is -2.19. The number of aliphatic hydroxyl groups excluding tert-OH is 1. The van der Waals surface area contributed by atoms with Gasteiger partial charge in [-0.3, -0.25) is 5.10 Å². The van der Waals surface area contributed by atoms with E-state index in [1.165, 1.54) is 12.1 Å². The molecule has 104 valence electrons. The number of rotatable bonds is 3. The Balaban J connectivity index is 1.93. The molecular formula is C15H15FN2O2. The molecule has 1 unspecified atom stereocenters. The second kappa shape index (κ2) is 5.46. The molecule has 0 amide bonds. The quantitative estimate of drug-likeness (QED) is 0.904. The molecule has 0 fully saturated rings. The van der Waals surface area contributed by atoms with Crippen LogP contribution in [-0.2, 0) is 4.74 Å². The van der Waals surface area contributed by atoms with E-state index in [1.807, 2.05) is 6.08 Å². The summed E-state index contributed by atoms with van der Waals surface area (Å²) in [4.78, 5) is 0. The zero-order valence-corrected chi connectivity index (χ0v) is 10.8. The number of hydrogen-bond acceptors (Lipinski definition) is 3. The van der Waals surface area contributed by atoms with E-state index in [-0.39, 0.29) is 5.82 Å². The van der Waals surface area contributed by atoms with E-state index in [0.717, 1.165) is 18.4 Å². The van der Waals surface area contributed by atoms with Crippen molar-refractivity contribution in [2.75, 3.05) is 6.61 Å². The molecule has 1 aliphatic heterocycles. The van der Waals surface area contributed by atoms with Crippen LogP contribution in [0.1, 0.15) is 24.5 Å². The molecule has 0 radical (unpaired) electrons. The van der Waals surface area contributed by atoms with Crippen molar-refractivity contribution in [3.63, 3.8) is 0 Å². The molecule has 3 rings (SSSR count). The van der Waals surface area contributed by atoms with Gasteiger partial charge in [0, 0.05) is 11.1 Å². The van der Waals surface area contributed by atoms with E-state index < -0.39 is 6.10 Å². The minimum Gasteiger partial charge on any atom is -0.495 e. The molecule has 2 N–H and O–H groups in total. The van der Waals surface area contributed by atoms with Gasteiger partial charge in [-0.05, 0) is 43.2 Å². The normalized spacial score (nSPS) is 16.4. The lowest BCUT2D eigenvalue weighted by molar-refractivity contribution is 0.0921. The minimum atomic E-state index is -0.853. The van der Waals surface area contributed by atoms with Crippen LogP contribution in [0.5, 0.6) is 0 Å². The van der Waals surface area contributed by atoms with Gasteiger partial charge in [-0.2, -0.15) is 5.10 Å². The lowest BCUT2D eigenvalue weighted by Crippen LogP contribution is -2.10. The second-order valence-corrected chi connectivity index (χ2v) is 4.71. The van der Waals surface area contributed by atoms with E-state index >= 15 is 0 Å². The zero-order valence-electron chi connectivity index (χ0n) is 10.8. The molecule has 0 spiro atoms. The summed E-state index contributed by atoms with van der Waals surface area (Å²) >= 11 is 0. The van der Waals surface area contributed by atoms with Crippen LogP contribution >= 0.6 is 0 Å². The smallest absolute Gasteiger partial charge is 0.139 e. The van der Waals surface area contributed by atoms with Gasteiger partial charge in [-0.1, -0.05) is 0 Å². The fourth-order valence-corrected chi connectivity index (χ4v) is 2.27. The second-order valence-electron chi connectivity index (χ2n) is 4.71. The number of aliphatic hydroxyl groups is 1. The van der Waals surface area contributed by atoms with Crippen molar-refractivity contribution in [1.29, 1.82) is 0 Å². The zero-order chi connectivity index (χ0) is 13.9. The van der Waals surface area contributed by atoms with Gasteiger partial charge in [0.15, 0.2) is 0 Å². The number of halogens is 1. The van der Waals surface area contributed by atoms with Crippen LogP contribution in [0.15, 0.2) is 42.3 Å². The molecule has 0 saturated heterocycles. The predicted molar refractivity (Wildman–Crippen MR) is 72.2 cm³/mol. The third-order valence-electron chi connectivity index (χ3n) is 3.33. The highest BCUT2D eigenvalue weighted by atomic mass is 19.1. The van der Waals surface area contributed by atoms with Gasteiger partial charge in [0.05, 0.1) is 18.5 Å². The van der Waals surface area contributed by atoms with Crippen LogP contribution in [0, 0.1) is 5.82 Å². The molecule has 1 atom stereocenters. The summed E-state index contributed by atoms with van der Waals surface area (Å²) in [6, 6.07) is 6.05. The van der Waals surface area contributed by atoms with Crippen LogP contribution in [-0.4, -0.2) is 21.9 Å². The summed E-state index contributed by atoms with van der Waals surface area (Å²) in [7, 11) is 0. The van der Waals surface area contributed by atoms with Crippen LogP contribution in [0.25, 0.3) is 11.3 Å². The summed E-state index contributed by atoms with van der Waals surface area (Å²) in [5.41, 5.74) is 2.08. The fourth-order valence-electron chi connectivity index (χ4n) is 2.27. The number of aromatic nitrogens is 2. The fraction of sp³-hybridized carbons (Fsp3) is 0.267. The first-order chi connectivity index (χ1) is 9.75. The molecular weight excluding hydrogens is 259 g/mol. The van der Waals surface area contributed by atoms with Crippen molar-refractivity contribution in [3.8, 4) is 11.3 Å². The average molecular weight is 274 g/mol. The van der Waals surface area contributed by atoms with E-state index in [1.54, 1.807) is 18.3 Å². The Bertz CT molecular complexity index is 619. The van der Waals surface area contributed by atoms with E-state index in [0.29, 0.717) is 23.6 Å². The number of benzene rings is 1. The highest BCUT2D eigenvalue weighted by Gasteiger charge is 2.22. The standard InChI is InChI=1S/C15H15FN2O2/c16-11-6-4-10(5-7-11)14-12(9-17-18-14)15(19)13-3-1-2-8-20-13/h3-7,9,15,19H,1-2,8H2,(H,17,18). The third kappa shape index (κ3) is 2.44. The maximum absolute atomic E-state index is 13.0. The Hall–Kier alpha value is -2.14. The molecule has 1 aromatic carbocycles. The number of nitrogens with zero attached hydrogens (tertiary/aromatic N) is 1.